The molecule has 3 aromatic heterocycles. The van der Waals surface area contributed by atoms with Crippen LogP contribution in [0, 0.1) is 0 Å². The maximum atomic E-state index is 13.4. The minimum atomic E-state index is -6.37. The quantitative estimate of drug-likeness (QED) is 0.328. The summed E-state index contributed by atoms with van der Waals surface area (Å²) < 4.78 is 108. The molecule has 0 saturated heterocycles. The van der Waals surface area contributed by atoms with Crippen LogP contribution in [-0.2, 0) is 20.5 Å². The Balaban J connectivity index is 2.19. The van der Waals surface area contributed by atoms with E-state index in [9.17, 15) is 39.6 Å². The van der Waals surface area contributed by atoms with Gasteiger partial charge in [0.15, 0.2) is 11.3 Å². The number of rotatable bonds is 3. The van der Waals surface area contributed by atoms with Gasteiger partial charge in [-0.05, 0) is 12.1 Å². The largest absolute Gasteiger partial charge is 0.534 e. The Hall–Kier alpha value is -2.74. The zero-order valence-electron chi connectivity index (χ0n) is 13.4. The van der Waals surface area contributed by atoms with Gasteiger partial charge in [0, 0.05) is 17.3 Å². The molecule has 0 unspecified atom stereocenters. The van der Waals surface area contributed by atoms with Gasteiger partial charge in [0.2, 0.25) is 0 Å². The highest BCUT2D eigenvalue weighted by Gasteiger charge is 2.50. The second kappa shape index (κ2) is 6.66. The highest BCUT2D eigenvalue weighted by atomic mass is 35.5. The number of fused-ring (bicyclic) bond motifs is 1. The zero-order chi connectivity index (χ0) is 21.8. The van der Waals surface area contributed by atoms with E-state index in [0.29, 0.717) is 10.5 Å². The van der Waals surface area contributed by atoms with Crippen LogP contribution in [0.25, 0.3) is 16.8 Å². The maximum Gasteiger partial charge on any atom is 0.534 e. The second-order valence-corrected chi connectivity index (χ2v) is 7.26. The van der Waals surface area contributed by atoms with Gasteiger partial charge in [-0.25, -0.2) is 9.78 Å². The van der Waals surface area contributed by atoms with E-state index >= 15 is 0 Å². The predicted molar refractivity (Wildman–Crippen MR) is 83.3 cm³/mol. The number of carbonyl (C=O) groups is 1. The molecule has 0 saturated carbocycles. The summed E-state index contributed by atoms with van der Waals surface area (Å²) in [5.41, 5.74) is -9.44. The van der Waals surface area contributed by atoms with Gasteiger partial charge in [-0.3, -0.25) is 4.40 Å². The number of aromatic nitrogens is 2. The van der Waals surface area contributed by atoms with Crippen molar-refractivity contribution < 1.29 is 48.2 Å². The van der Waals surface area contributed by atoms with Gasteiger partial charge in [0.1, 0.15) is 5.15 Å². The van der Waals surface area contributed by atoms with Gasteiger partial charge in [-0.1, -0.05) is 11.6 Å². The molecule has 156 valence electrons. The molecule has 0 N–H and O–H groups in total. The second-order valence-electron chi connectivity index (χ2n) is 5.37. The van der Waals surface area contributed by atoms with Crippen LogP contribution in [0.3, 0.4) is 0 Å². The molecule has 0 amide bonds. The Morgan fingerprint density at radius 3 is 2.34 bits per heavy atom. The fourth-order valence-electron chi connectivity index (χ4n) is 2.23. The first kappa shape index (κ1) is 21.0. The number of carbonyl (C=O) groups excluding carboxylic acids is 1. The summed E-state index contributed by atoms with van der Waals surface area (Å²) in [5.74, 6) is -2.20. The molecule has 0 radical (unpaired) electrons. The molecule has 0 aliphatic heterocycles. The van der Waals surface area contributed by atoms with Crippen molar-refractivity contribution in [3.63, 3.8) is 0 Å². The van der Waals surface area contributed by atoms with Crippen LogP contribution in [0.4, 0.5) is 26.3 Å². The average Bonchev–Trinajstić information content (AvgIpc) is 3.20. The predicted octanol–water partition coefficient (Wildman–Crippen LogP) is 4.27. The van der Waals surface area contributed by atoms with Crippen molar-refractivity contribution in [1.82, 2.24) is 9.38 Å². The Morgan fingerprint density at radius 1 is 1.17 bits per heavy atom. The SMILES string of the molecule is O=C(OS(=O)(=O)C(F)(F)F)c1nc2c(C(F)(F)F)cc(-c3ccoc3)cn2c1Cl. The van der Waals surface area contributed by atoms with Crippen molar-refractivity contribution in [3.8, 4) is 11.1 Å². The highest BCUT2D eigenvalue weighted by Crippen LogP contribution is 2.37. The molecule has 0 aromatic carbocycles. The summed E-state index contributed by atoms with van der Waals surface area (Å²) in [7, 11) is -6.37. The lowest BCUT2D eigenvalue weighted by Gasteiger charge is -2.10. The van der Waals surface area contributed by atoms with Gasteiger partial charge in [0.05, 0.1) is 18.1 Å². The fourth-order valence-corrected chi connectivity index (χ4v) is 2.85. The minimum absolute atomic E-state index is 0.0827. The summed E-state index contributed by atoms with van der Waals surface area (Å²) >= 11 is 5.78. The van der Waals surface area contributed by atoms with E-state index in [0.717, 1.165) is 12.5 Å². The molecule has 0 aliphatic carbocycles. The number of hydrogen-bond donors (Lipinski definition) is 0. The van der Waals surface area contributed by atoms with E-state index in [2.05, 4.69) is 9.17 Å². The van der Waals surface area contributed by atoms with E-state index < -0.39 is 49.8 Å². The van der Waals surface area contributed by atoms with E-state index in [1.54, 1.807) is 0 Å². The van der Waals surface area contributed by atoms with Gasteiger partial charge >= 0.3 is 27.8 Å². The van der Waals surface area contributed by atoms with E-state index in [4.69, 9.17) is 16.0 Å². The van der Waals surface area contributed by atoms with Crippen molar-refractivity contribution in [2.75, 3.05) is 0 Å². The first-order chi connectivity index (χ1) is 13.2. The summed E-state index contributed by atoms with van der Waals surface area (Å²) in [6.45, 7) is 0. The molecule has 3 aromatic rings. The molecule has 3 heterocycles. The molecule has 0 bridgehead atoms. The Morgan fingerprint density at radius 2 is 1.83 bits per heavy atom. The lowest BCUT2D eigenvalue weighted by molar-refractivity contribution is -0.136. The summed E-state index contributed by atoms with van der Waals surface area (Å²) in [6.07, 6.45) is -1.72. The summed E-state index contributed by atoms with van der Waals surface area (Å²) in [6, 6.07) is 1.96. The lowest BCUT2D eigenvalue weighted by Crippen LogP contribution is -2.28. The molecule has 0 spiro atoms. The van der Waals surface area contributed by atoms with Crippen molar-refractivity contribution in [2.24, 2.45) is 0 Å². The molecular weight excluding hydrogens is 458 g/mol. The van der Waals surface area contributed by atoms with Crippen molar-refractivity contribution in [2.45, 2.75) is 11.7 Å². The topological polar surface area (TPSA) is 90.9 Å². The fraction of sp³-hybridized carbons (Fsp3) is 0.143. The van der Waals surface area contributed by atoms with Gasteiger partial charge in [0.25, 0.3) is 0 Å². The number of halogens is 7. The Bertz CT molecular complexity index is 1200. The van der Waals surface area contributed by atoms with Crippen LogP contribution < -0.4 is 0 Å². The number of alkyl halides is 6. The Labute approximate surface area is 161 Å². The lowest BCUT2D eigenvalue weighted by atomic mass is 10.1. The van der Waals surface area contributed by atoms with Crippen LogP contribution in [0.15, 0.2) is 35.3 Å². The summed E-state index contributed by atoms with van der Waals surface area (Å²) in [4.78, 5) is 15.1. The molecular formula is C14H5ClF6N2O5S. The number of imidazole rings is 1. The third-order valence-electron chi connectivity index (χ3n) is 3.48. The Kier molecular flexibility index (Phi) is 4.82. The van der Waals surface area contributed by atoms with E-state index in [-0.39, 0.29) is 11.1 Å². The van der Waals surface area contributed by atoms with E-state index in [1.807, 2.05) is 0 Å². The minimum Gasteiger partial charge on any atom is -0.472 e. The molecule has 7 nitrogen and oxygen atoms in total. The van der Waals surface area contributed by atoms with Crippen LogP contribution in [0.1, 0.15) is 16.1 Å². The first-order valence-electron chi connectivity index (χ1n) is 7.09. The first-order valence-corrected chi connectivity index (χ1v) is 8.87. The average molecular weight is 463 g/mol. The van der Waals surface area contributed by atoms with Crippen LogP contribution in [-0.4, -0.2) is 29.3 Å². The van der Waals surface area contributed by atoms with Crippen molar-refractivity contribution in [1.29, 1.82) is 0 Å². The third kappa shape index (κ3) is 3.76. The highest BCUT2D eigenvalue weighted by molar-refractivity contribution is 7.88. The molecule has 0 aliphatic rings. The maximum absolute atomic E-state index is 13.4. The zero-order valence-corrected chi connectivity index (χ0v) is 14.9. The molecule has 0 atom stereocenters. The van der Waals surface area contributed by atoms with Crippen molar-refractivity contribution >= 4 is 33.3 Å². The molecule has 29 heavy (non-hydrogen) atoms. The normalized spacial score (nSPS) is 13.1. The van der Waals surface area contributed by atoms with Gasteiger partial charge < -0.3 is 8.60 Å². The van der Waals surface area contributed by atoms with Gasteiger partial charge in [-0.2, -0.15) is 34.8 Å². The number of hydrogen-bond acceptors (Lipinski definition) is 6. The standard InChI is InChI=1S/C14H5ClF6N2O5S/c15-10-9(12(24)28-29(25,26)14(19,20)21)22-11-8(13(16,17)18)3-7(4-23(10)11)6-1-2-27-5-6/h1-5H. The number of nitrogens with zero attached hydrogens (tertiary/aromatic N) is 2. The van der Waals surface area contributed by atoms with Crippen LogP contribution in [0.5, 0.6) is 0 Å². The van der Waals surface area contributed by atoms with Gasteiger partial charge in [-0.15, -0.1) is 0 Å². The van der Waals surface area contributed by atoms with Crippen molar-refractivity contribution in [3.05, 3.63) is 47.3 Å². The van der Waals surface area contributed by atoms with E-state index in [1.165, 1.54) is 12.3 Å². The monoisotopic (exact) mass is 462 g/mol. The number of pyridine rings is 1. The molecule has 15 heteroatoms. The molecule has 0 fully saturated rings. The van der Waals surface area contributed by atoms with Crippen LogP contribution >= 0.6 is 11.6 Å². The number of furan rings is 1. The summed E-state index contributed by atoms with van der Waals surface area (Å²) in [5, 5.41) is -0.891. The van der Waals surface area contributed by atoms with Crippen LogP contribution in [0.2, 0.25) is 5.15 Å². The molecule has 3 rings (SSSR count). The smallest absolute Gasteiger partial charge is 0.472 e. The third-order valence-corrected chi connectivity index (χ3v) is 4.78.